The minimum absolute atomic E-state index is 0.0870. The van der Waals surface area contributed by atoms with Crippen molar-refractivity contribution in [1.29, 1.82) is 0 Å². The quantitative estimate of drug-likeness (QED) is 0.579. The summed E-state index contributed by atoms with van der Waals surface area (Å²) in [6, 6.07) is 10.3. The van der Waals surface area contributed by atoms with E-state index in [9.17, 15) is 10.1 Å². The van der Waals surface area contributed by atoms with E-state index in [0.717, 1.165) is 22.0 Å². The Morgan fingerprint density at radius 2 is 2.10 bits per heavy atom. The number of thiazole rings is 1. The van der Waals surface area contributed by atoms with E-state index in [1.165, 1.54) is 5.56 Å². The standard InChI is InChI=1S/C15H18N2O3S/c1-11(13-6-4-3-5-7-13)10-15-16-12(2)14(21-15)8-9-20-17(18)19/h3-7,11H,8-10H2,1-2H3. The van der Waals surface area contributed by atoms with Crippen LogP contribution >= 0.6 is 11.3 Å². The van der Waals surface area contributed by atoms with Gasteiger partial charge in [0.15, 0.2) is 0 Å². The third-order valence-corrected chi connectivity index (χ3v) is 4.55. The van der Waals surface area contributed by atoms with Gasteiger partial charge in [-0.2, -0.15) is 0 Å². The molecule has 0 N–H and O–H groups in total. The van der Waals surface area contributed by atoms with Crippen molar-refractivity contribution in [1.82, 2.24) is 4.98 Å². The van der Waals surface area contributed by atoms with Crippen LogP contribution in [-0.2, 0) is 17.7 Å². The minimum Gasteiger partial charge on any atom is -0.314 e. The topological polar surface area (TPSA) is 65.3 Å². The molecular weight excluding hydrogens is 288 g/mol. The zero-order valence-electron chi connectivity index (χ0n) is 12.1. The van der Waals surface area contributed by atoms with Crippen molar-refractivity contribution in [3.63, 3.8) is 0 Å². The maximum Gasteiger partial charge on any atom is 0.294 e. The number of hydrogen-bond acceptors (Lipinski definition) is 5. The molecule has 1 aromatic heterocycles. The van der Waals surface area contributed by atoms with Crippen molar-refractivity contribution in [3.05, 3.63) is 61.6 Å². The van der Waals surface area contributed by atoms with Gasteiger partial charge in [-0.05, 0) is 18.4 Å². The Labute approximate surface area is 127 Å². The summed E-state index contributed by atoms with van der Waals surface area (Å²) in [6.07, 6.45) is 1.41. The molecule has 21 heavy (non-hydrogen) atoms. The van der Waals surface area contributed by atoms with E-state index in [4.69, 9.17) is 0 Å². The molecule has 5 nitrogen and oxygen atoms in total. The highest BCUT2D eigenvalue weighted by molar-refractivity contribution is 7.11. The number of rotatable bonds is 7. The molecule has 2 rings (SSSR count). The predicted molar refractivity (Wildman–Crippen MR) is 82.1 cm³/mol. The monoisotopic (exact) mass is 306 g/mol. The van der Waals surface area contributed by atoms with E-state index < -0.39 is 5.09 Å². The second kappa shape index (κ2) is 7.17. The molecule has 112 valence electrons. The second-order valence-electron chi connectivity index (χ2n) is 4.94. The van der Waals surface area contributed by atoms with Crippen molar-refractivity contribution in [2.75, 3.05) is 6.61 Å². The summed E-state index contributed by atoms with van der Waals surface area (Å²) in [5, 5.41) is 10.5. The van der Waals surface area contributed by atoms with Crippen LogP contribution in [0.15, 0.2) is 30.3 Å². The molecule has 0 amide bonds. The van der Waals surface area contributed by atoms with Gasteiger partial charge in [0.1, 0.15) is 6.61 Å². The molecule has 1 atom stereocenters. The summed E-state index contributed by atoms with van der Waals surface area (Å²) in [4.78, 5) is 20.1. The normalized spacial score (nSPS) is 12.1. The molecule has 0 radical (unpaired) electrons. The average Bonchev–Trinajstić information content (AvgIpc) is 2.79. The first-order valence-electron chi connectivity index (χ1n) is 6.83. The predicted octanol–water partition coefficient (Wildman–Crippen LogP) is 3.55. The van der Waals surface area contributed by atoms with Crippen LogP contribution in [0.3, 0.4) is 0 Å². The van der Waals surface area contributed by atoms with Crippen LogP contribution in [-0.4, -0.2) is 16.7 Å². The molecule has 1 heterocycles. The smallest absolute Gasteiger partial charge is 0.294 e. The maximum atomic E-state index is 10.2. The largest absolute Gasteiger partial charge is 0.314 e. The fraction of sp³-hybridized carbons (Fsp3) is 0.400. The van der Waals surface area contributed by atoms with Crippen LogP contribution in [0.25, 0.3) is 0 Å². The Balaban J connectivity index is 1.97. The molecule has 1 aromatic carbocycles. The summed E-state index contributed by atoms with van der Waals surface area (Å²) in [6.45, 7) is 4.21. The highest BCUT2D eigenvalue weighted by Gasteiger charge is 2.12. The van der Waals surface area contributed by atoms with E-state index in [1.54, 1.807) is 11.3 Å². The van der Waals surface area contributed by atoms with E-state index in [0.29, 0.717) is 12.3 Å². The lowest BCUT2D eigenvalue weighted by Crippen LogP contribution is -2.04. The van der Waals surface area contributed by atoms with Crippen LogP contribution in [0.2, 0.25) is 0 Å². The Morgan fingerprint density at radius 3 is 2.76 bits per heavy atom. The number of hydrogen-bond donors (Lipinski definition) is 0. The number of nitrogens with zero attached hydrogens (tertiary/aromatic N) is 2. The molecular formula is C15H18N2O3S. The fourth-order valence-electron chi connectivity index (χ4n) is 2.18. The molecule has 0 bridgehead atoms. The molecule has 0 saturated heterocycles. The number of aromatic nitrogens is 1. The number of aryl methyl sites for hydroxylation is 1. The minimum atomic E-state index is -0.755. The number of benzene rings is 1. The van der Waals surface area contributed by atoms with Gasteiger partial charge in [0.2, 0.25) is 0 Å². The average molecular weight is 306 g/mol. The molecule has 0 aliphatic rings. The van der Waals surface area contributed by atoms with Crippen LogP contribution in [0, 0.1) is 17.0 Å². The molecule has 0 fully saturated rings. The van der Waals surface area contributed by atoms with Gasteiger partial charge in [-0.1, -0.05) is 37.3 Å². The summed E-state index contributed by atoms with van der Waals surface area (Å²) in [5.41, 5.74) is 2.24. The summed E-state index contributed by atoms with van der Waals surface area (Å²) in [5.74, 6) is 0.402. The van der Waals surface area contributed by atoms with Crippen molar-refractivity contribution < 1.29 is 9.92 Å². The zero-order chi connectivity index (χ0) is 15.2. The first-order valence-corrected chi connectivity index (χ1v) is 7.65. The van der Waals surface area contributed by atoms with Gasteiger partial charge in [0, 0.05) is 17.7 Å². The van der Waals surface area contributed by atoms with Gasteiger partial charge in [-0.15, -0.1) is 21.5 Å². The maximum absolute atomic E-state index is 10.2. The zero-order valence-corrected chi connectivity index (χ0v) is 12.9. The van der Waals surface area contributed by atoms with E-state index in [2.05, 4.69) is 28.9 Å². The van der Waals surface area contributed by atoms with Gasteiger partial charge in [-0.25, -0.2) is 4.98 Å². The summed E-state index contributed by atoms with van der Waals surface area (Å²) < 4.78 is 0. The molecule has 0 aliphatic carbocycles. The third kappa shape index (κ3) is 4.53. The van der Waals surface area contributed by atoms with Gasteiger partial charge < -0.3 is 4.84 Å². The summed E-state index contributed by atoms with van der Waals surface area (Å²) in [7, 11) is 0. The molecule has 0 saturated carbocycles. The molecule has 6 heteroatoms. The highest BCUT2D eigenvalue weighted by Crippen LogP contribution is 2.25. The van der Waals surface area contributed by atoms with Crippen LogP contribution in [0.1, 0.15) is 34.0 Å². The molecule has 2 aromatic rings. The van der Waals surface area contributed by atoms with E-state index >= 15 is 0 Å². The Hall–Kier alpha value is -1.95. The van der Waals surface area contributed by atoms with Crippen LogP contribution in [0.4, 0.5) is 0 Å². The first-order chi connectivity index (χ1) is 10.1. The van der Waals surface area contributed by atoms with Crippen LogP contribution < -0.4 is 0 Å². The lowest BCUT2D eigenvalue weighted by Gasteiger charge is -2.09. The molecule has 1 unspecified atom stereocenters. The van der Waals surface area contributed by atoms with Gasteiger partial charge in [0.25, 0.3) is 5.09 Å². The van der Waals surface area contributed by atoms with E-state index in [-0.39, 0.29) is 6.61 Å². The van der Waals surface area contributed by atoms with Gasteiger partial charge >= 0.3 is 0 Å². The van der Waals surface area contributed by atoms with Gasteiger partial charge in [-0.3, -0.25) is 0 Å². The van der Waals surface area contributed by atoms with Crippen molar-refractivity contribution >= 4 is 11.3 Å². The van der Waals surface area contributed by atoms with Crippen molar-refractivity contribution in [3.8, 4) is 0 Å². The van der Waals surface area contributed by atoms with Crippen molar-refractivity contribution in [2.24, 2.45) is 0 Å². The lowest BCUT2D eigenvalue weighted by atomic mass is 9.98. The fourth-order valence-corrected chi connectivity index (χ4v) is 3.36. The van der Waals surface area contributed by atoms with Crippen molar-refractivity contribution in [2.45, 2.75) is 32.6 Å². The van der Waals surface area contributed by atoms with E-state index in [1.807, 2.05) is 25.1 Å². The summed E-state index contributed by atoms with van der Waals surface area (Å²) >= 11 is 1.62. The lowest BCUT2D eigenvalue weighted by molar-refractivity contribution is -0.757. The Bertz CT molecular complexity index is 598. The SMILES string of the molecule is Cc1nc(CC(C)c2ccccc2)sc1CCO[N+](=O)[O-]. The second-order valence-corrected chi connectivity index (χ2v) is 6.11. The molecule has 0 aliphatic heterocycles. The Kier molecular flexibility index (Phi) is 5.27. The van der Waals surface area contributed by atoms with Gasteiger partial charge in [0.05, 0.1) is 10.7 Å². The Morgan fingerprint density at radius 1 is 1.38 bits per heavy atom. The first kappa shape index (κ1) is 15.4. The third-order valence-electron chi connectivity index (χ3n) is 3.31. The highest BCUT2D eigenvalue weighted by atomic mass is 32.1. The van der Waals surface area contributed by atoms with Crippen LogP contribution in [0.5, 0.6) is 0 Å². The molecule has 0 spiro atoms.